The molecule has 0 saturated heterocycles. The zero-order valence-electron chi connectivity index (χ0n) is 16.5. The fourth-order valence-electron chi connectivity index (χ4n) is 3.68. The number of nitrogens with zero attached hydrogens (tertiary/aromatic N) is 5. The number of anilines is 2. The van der Waals surface area contributed by atoms with Crippen LogP contribution in [-0.2, 0) is 11.3 Å². The number of nitrogens with one attached hydrogen (secondary N) is 1. The highest BCUT2D eigenvalue weighted by atomic mass is 35.5. The molecule has 0 radical (unpaired) electrons. The van der Waals surface area contributed by atoms with E-state index in [1.165, 1.54) is 4.90 Å². The van der Waals surface area contributed by atoms with Crippen molar-refractivity contribution in [3.63, 3.8) is 0 Å². The van der Waals surface area contributed by atoms with Gasteiger partial charge in [0, 0.05) is 35.8 Å². The maximum atomic E-state index is 13.1. The summed E-state index contributed by atoms with van der Waals surface area (Å²) < 4.78 is 1.77. The van der Waals surface area contributed by atoms with E-state index in [0.29, 0.717) is 42.0 Å². The molecule has 0 atom stereocenters. The molecule has 4 rings (SSSR count). The van der Waals surface area contributed by atoms with Crippen LogP contribution in [0.25, 0.3) is 0 Å². The fraction of sp³-hybridized carbons (Fsp3) is 0.400. The number of fused-ring (bicyclic) bond motifs is 3. The van der Waals surface area contributed by atoms with Gasteiger partial charge in [0.05, 0.1) is 11.9 Å². The Morgan fingerprint density at radius 3 is 2.97 bits per heavy atom. The van der Waals surface area contributed by atoms with Crippen LogP contribution in [0.5, 0.6) is 0 Å². The van der Waals surface area contributed by atoms with E-state index < -0.39 is 0 Å². The molecule has 1 N–H and O–H groups in total. The van der Waals surface area contributed by atoms with Crippen molar-refractivity contribution >= 4 is 40.9 Å². The number of aliphatic imine (C=N–C) groups is 1. The molecule has 0 unspecified atom stereocenters. The molecule has 152 valence electrons. The third-order valence-corrected chi connectivity index (χ3v) is 5.26. The van der Waals surface area contributed by atoms with Gasteiger partial charge < -0.3 is 5.32 Å². The number of hydrogen-bond acceptors (Lipinski definition) is 4. The molecular formula is C20H23ClN6O2. The third kappa shape index (κ3) is 3.60. The molecule has 8 nitrogen and oxygen atoms in total. The topological polar surface area (TPSA) is 82.8 Å². The molecule has 0 saturated carbocycles. The van der Waals surface area contributed by atoms with Crippen molar-refractivity contribution in [2.75, 3.05) is 29.9 Å². The first-order valence-corrected chi connectivity index (χ1v) is 10.1. The number of urea groups is 1. The van der Waals surface area contributed by atoms with Crippen LogP contribution in [-0.4, -0.2) is 52.1 Å². The largest absolute Gasteiger partial charge is 0.330 e. The average Bonchev–Trinajstić information content (AvgIpc) is 3.05. The summed E-state index contributed by atoms with van der Waals surface area (Å²) in [6, 6.07) is 5.08. The van der Waals surface area contributed by atoms with Crippen LogP contribution >= 0.6 is 11.6 Å². The van der Waals surface area contributed by atoms with Crippen molar-refractivity contribution in [2.45, 2.75) is 33.2 Å². The van der Waals surface area contributed by atoms with Crippen molar-refractivity contribution < 1.29 is 9.59 Å². The van der Waals surface area contributed by atoms with Crippen LogP contribution in [0.4, 0.5) is 16.3 Å². The second kappa shape index (κ2) is 7.87. The molecule has 1 aromatic carbocycles. The van der Waals surface area contributed by atoms with Crippen molar-refractivity contribution in [1.82, 2.24) is 14.7 Å². The molecule has 29 heavy (non-hydrogen) atoms. The summed E-state index contributed by atoms with van der Waals surface area (Å²) in [5.41, 5.74) is 2.30. The minimum absolute atomic E-state index is 0.118. The van der Waals surface area contributed by atoms with Gasteiger partial charge in [-0.05, 0) is 38.0 Å². The smallest absolute Gasteiger partial charge is 0.309 e. The summed E-state index contributed by atoms with van der Waals surface area (Å²) >= 11 is 6.19. The van der Waals surface area contributed by atoms with Gasteiger partial charge in [-0.2, -0.15) is 5.10 Å². The van der Waals surface area contributed by atoms with Gasteiger partial charge in [0.2, 0.25) is 5.91 Å². The van der Waals surface area contributed by atoms with Crippen LogP contribution in [0.15, 0.2) is 29.4 Å². The highest BCUT2D eigenvalue weighted by Crippen LogP contribution is 2.33. The molecule has 0 fully saturated rings. The number of benzene rings is 1. The van der Waals surface area contributed by atoms with Crippen LogP contribution in [0.2, 0.25) is 5.02 Å². The van der Waals surface area contributed by atoms with Gasteiger partial charge in [-0.15, -0.1) is 0 Å². The maximum absolute atomic E-state index is 13.1. The number of rotatable bonds is 5. The second-order valence-electron chi connectivity index (χ2n) is 7.19. The monoisotopic (exact) mass is 414 g/mol. The molecule has 9 heteroatoms. The number of halogens is 1. The molecule has 3 heterocycles. The molecule has 0 bridgehead atoms. The molecule has 0 spiro atoms. The van der Waals surface area contributed by atoms with Crippen LogP contribution in [0, 0.1) is 6.92 Å². The summed E-state index contributed by atoms with van der Waals surface area (Å²) in [7, 11) is 0. The molecule has 1 aromatic heterocycles. The highest BCUT2D eigenvalue weighted by Gasteiger charge is 2.37. The predicted molar refractivity (Wildman–Crippen MR) is 113 cm³/mol. The van der Waals surface area contributed by atoms with E-state index in [-0.39, 0.29) is 18.5 Å². The number of aryl methyl sites for hydroxylation is 2. The highest BCUT2D eigenvalue weighted by molar-refractivity contribution is 6.31. The Bertz CT molecular complexity index is 999. The van der Waals surface area contributed by atoms with Gasteiger partial charge in [-0.1, -0.05) is 18.5 Å². The quantitative estimate of drug-likeness (QED) is 0.814. The van der Waals surface area contributed by atoms with Crippen LogP contribution in [0.1, 0.15) is 30.9 Å². The lowest BCUT2D eigenvalue weighted by Crippen LogP contribution is -2.54. The second-order valence-corrected chi connectivity index (χ2v) is 7.62. The number of amides is 3. The zero-order valence-corrected chi connectivity index (χ0v) is 17.2. The van der Waals surface area contributed by atoms with Gasteiger partial charge in [-0.25, -0.2) is 9.48 Å². The Labute approximate surface area is 174 Å². The lowest BCUT2D eigenvalue weighted by Gasteiger charge is -2.39. The lowest BCUT2D eigenvalue weighted by molar-refractivity contribution is -0.115. The summed E-state index contributed by atoms with van der Waals surface area (Å²) in [5, 5.41) is 7.72. The summed E-state index contributed by atoms with van der Waals surface area (Å²) in [5.74, 6) is 1.02. The maximum Gasteiger partial charge on any atom is 0.330 e. The zero-order chi connectivity index (χ0) is 20.5. The molecule has 2 aromatic rings. The minimum Gasteiger partial charge on any atom is -0.309 e. The SMILES string of the molecule is CCCn1ncc(C)c1NC(=O)CN1C(=O)N2CCCN=C2c2ccc(Cl)cc21. The number of amidine groups is 1. The van der Waals surface area contributed by atoms with E-state index in [0.717, 1.165) is 24.0 Å². The van der Waals surface area contributed by atoms with Crippen molar-refractivity contribution in [1.29, 1.82) is 0 Å². The number of carbonyl (C=O) groups is 2. The lowest BCUT2D eigenvalue weighted by atomic mass is 10.1. The summed E-state index contributed by atoms with van der Waals surface area (Å²) in [4.78, 5) is 33.6. The van der Waals surface area contributed by atoms with Crippen molar-refractivity contribution in [2.24, 2.45) is 4.99 Å². The fourth-order valence-corrected chi connectivity index (χ4v) is 3.85. The van der Waals surface area contributed by atoms with Crippen molar-refractivity contribution in [3.8, 4) is 0 Å². The Hall–Kier alpha value is -2.87. The van der Waals surface area contributed by atoms with E-state index >= 15 is 0 Å². The Kier molecular flexibility index (Phi) is 5.27. The predicted octanol–water partition coefficient (Wildman–Crippen LogP) is 3.29. The molecule has 2 aliphatic rings. The first-order chi connectivity index (χ1) is 14.0. The summed E-state index contributed by atoms with van der Waals surface area (Å²) in [6.07, 6.45) is 3.42. The number of carbonyl (C=O) groups excluding carboxylic acids is 2. The molecule has 0 aliphatic carbocycles. The van der Waals surface area contributed by atoms with E-state index in [2.05, 4.69) is 15.4 Å². The Morgan fingerprint density at radius 2 is 2.17 bits per heavy atom. The van der Waals surface area contributed by atoms with Crippen LogP contribution in [0.3, 0.4) is 0 Å². The number of hydrogen-bond donors (Lipinski definition) is 1. The van der Waals surface area contributed by atoms with Gasteiger partial charge in [-0.3, -0.25) is 19.6 Å². The van der Waals surface area contributed by atoms with E-state index in [1.54, 1.807) is 27.9 Å². The first kappa shape index (κ1) is 19.4. The van der Waals surface area contributed by atoms with E-state index in [9.17, 15) is 9.59 Å². The van der Waals surface area contributed by atoms with Crippen molar-refractivity contribution in [3.05, 3.63) is 40.5 Å². The standard InChI is InChI=1S/C20H23ClN6O2/c1-3-8-27-18(13(2)11-23-27)24-17(28)12-26-16-10-14(21)5-6-15(16)19-22-7-4-9-25(19)20(26)29/h5-6,10-11H,3-4,7-9,12H2,1-2H3,(H,24,28). The van der Waals surface area contributed by atoms with E-state index in [1.807, 2.05) is 19.9 Å². The first-order valence-electron chi connectivity index (χ1n) is 9.75. The Balaban J connectivity index is 1.63. The Morgan fingerprint density at radius 1 is 1.34 bits per heavy atom. The van der Waals surface area contributed by atoms with Gasteiger partial charge in [0.15, 0.2) is 0 Å². The van der Waals surface area contributed by atoms with Gasteiger partial charge in [0.25, 0.3) is 0 Å². The number of aromatic nitrogens is 2. The van der Waals surface area contributed by atoms with E-state index in [4.69, 9.17) is 11.6 Å². The normalized spacial score (nSPS) is 15.7. The van der Waals surface area contributed by atoms with Gasteiger partial charge >= 0.3 is 6.03 Å². The van der Waals surface area contributed by atoms with Crippen LogP contribution < -0.4 is 10.2 Å². The third-order valence-electron chi connectivity index (χ3n) is 5.03. The summed E-state index contributed by atoms with van der Waals surface area (Å²) in [6.45, 7) is 5.80. The minimum atomic E-state index is -0.289. The molecule has 3 amide bonds. The van der Waals surface area contributed by atoms with Gasteiger partial charge in [0.1, 0.15) is 18.2 Å². The molecular weight excluding hydrogens is 392 g/mol. The molecule has 2 aliphatic heterocycles. The average molecular weight is 415 g/mol.